The molecule has 6 heteroatoms. The molecule has 0 spiro atoms. The number of hydrogen-bond donors (Lipinski definition) is 2. The predicted molar refractivity (Wildman–Crippen MR) is 171 cm³/mol. The number of carboxylic acid groups (broad SMARTS) is 1. The van der Waals surface area contributed by atoms with E-state index in [2.05, 4.69) is 42.5 Å². The van der Waals surface area contributed by atoms with Gasteiger partial charge < -0.3 is 10.2 Å². The average Bonchev–Trinajstić information content (AvgIpc) is 3.70. The van der Waals surface area contributed by atoms with Gasteiger partial charge in [-0.1, -0.05) is 78.3 Å². The second kappa shape index (κ2) is 12.4. The van der Waals surface area contributed by atoms with Crippen molar-refractivity contribution >= 4 is 52.4 Å². The highest BCUT2D eigenvalue weighted by molar-refractivity contribution is 7.99. The molecule has 1 aliphatic rings. The van der Waals surface area contributed by atoms with Crippen molar-refractivity contribution in [3.05, 3.63) is 112 Å². The number of aliphatic carboxylic acids is 1. The number of aryl methyl sites for hydroxylation is 1. The third-order valence-corrected chi connectivity index (χ3v) is 9.76. The first-order chi connectivity index (χ1) is 19.6. The van der Waals surface area contributed by atoms with E-state index in [1.165, 1.54) is 5.56 Å². The Bertz CT molecular complexity index is 1570. The summed E-state index contributed by atoms with van der Waals surface area (Å²) >= 11 is 8.04. The van der Waals surface area contributed by atoms with E-state index in [4.69, 9.17) is 16.6 Å². The second-order valence-electron chi connectivity index (χ2n) is 11.7. The van der Waals surface area contributed by atoms with Crippen LogP contribution < -0.4 is 0 Å². The number of rotatable bonds is 12. The molecule has 0 amide bonds. The van der Waals surface area contributed by atoms with E-state index in [1.54, 1.807) is 0 Å². The second-order valence-corrected chi connectivity index (χ2v) is 13.3. The SMILES string of the molecule is [14CH3]C([14CH3])(O)c1ccccc1CC[C@@H](SCC1(CC(=O)O)CC1)c1cccc(/C=C/c2ccc3ccc(Cl)cc3n2)c1. The molecule has 2 N–H and O–H groups in total. The highest BCUT2D eigenvalue weighted by Gasteiger charge is 2.44. The summed E-state index contributed by atoms with van der Waals surface area (Å²) in [7, 11) is 0. The predicted octanol–water partition coefficient (Wildman–Crippen LogP) is 8.95. The van der Waals surface area contributed by atoms with Crippen LogP contribution in [0.4, 0.5) is 0 Å². The summed E-state index contributed by atoms with van der Waals surface area (Å²) in [6.45, 7) is 3.66. The molecule has 4 nitrogen and oxygen atoms in total. The smallest absolute Gasteiger partial charge is 0.303 e. The first-order valence-corrected chi connectivity index (χ1v) is 15.5. The zero-order chi connectivity index (χ0) is 29.0. The van der Waals surface area contributed by atoms with Crippen molar-refractivity contribution in [1.29, 1.82) is 0 Å². The molecule has 0 saturated heterocycles. The Balaban J connectivity index is 1.37. The van der Waals surface area contributed by atoms with Crippen LogP contribution >= 0.6 is 23.4 Å². The van der Waals surface area contributed by atoms with Gasteiger partial charge in [-0.15, -0.1) is 0 Å². The van der Waals surface area contributed by atoms with Gasteiger partial charge in [0, 0.05) is 21.4 Å². The van der Waals surface area contributed by atoms with E-state index in [9.17, 15) is 15.0 Å². The molecule has 0 unspecified atom stereocenters. The molecule has 0 radical (unpaired) electrons. The van der Waals surface area contributed by atoms with E-state index in [0.717, 1.165) is 64.7 Å². The van der Waals surface area contributed by atoms with Gasteiger partial charge in [0.2, 0.25) is 0 Å². The van der Waals surface area contributed by atoms with E-state index in [1.807, 2.05) is 74.1 Å². The number of benzene rings is 3. The zero-order valence-corrected chi connectivity index (χ0v) is 25.1. The summed E-state index contributed by atoms with van der Waals surface area (Å²) in [4.78, 5) is 16.2. The van der Waals surface area contributed by atoms with Crippen LogP contribution in [-0.4, -0.2) is 26.9 Å². The van der Waals surface area contributed by atoms with Crippen LogP contribution in [0.1, 0.15) is 72.7 Å². The minimum atomic E-state index is -0.911. The van der Waals surface area contributed by atoms with Gasteiger partial charge in [-0.05, 0) is 91.5 Å². The molecule has 41 heavy (non-hydrogen) atoms. The zero-order valence-electron chi connectivity index (χ0n) is 23.5. The highest BCUT2D eigenvalue weighted by atomic mass is 35.5. The lowest BCUT2D eigenvalue weighted by atomic mass is 9.96. The average molecular weight is 590 g/mol. The largest absolute Gasteiger partial charge is 0.481 e. The molecule has 1 heterocycles. The van der Waals surface area contributed by atoms with Crippen LogP contribution in [0.15, 0.2) is 78.9 Å². The van der Waals surface area contributed by atoms with Gasteiger partial charge in [-0.3, -0.25) is 4.79 Å². The molecule has 4 aromatic rings. The fourth-order valence-corrected chi connectivity index (χ4v) is 7.09. The number of carbonyl (C=O) groups is 1. The third-order valence-electron chi connectivity index (χ3n) is 7.83. The molecule has 1 aliphatic carbocycles. The number of carboxylic acids is 1. The topological polar surface area (TPSA) is 70.4 Å². The van der Waals surface area contributed by atoms with Gasteiger partial charge in [-0.2, -0.15) is 11.8 Å². The molecule has 1 saturated carbocycles. The lowest BCUT2D eigenvalue weighted by Gasteiger charge is -2.24. The number of fused-ring (bicyclic) bond motifs is 1. The summed E-state index contributed by atoms with van der Waals surface area (Å²) in [6.07, 6.45) is 8.02. The summed E-state index contributed by atoms with van der Waals surface area (Å²) in [5, 5.41) is 22.1. The Labute approximate surface area is 251 Å². The van der Waals surface area contributed by atoms with Crippen molar-refractivity contribution in [2.24, 2.45) is 5.41 Å². The Morgan fingerprint density at radius 1 is 1.05 bits per heavy atom. The summed E-state index contributed by atoms with van der Waals surface area (Å²) < 4.78 is 0. The van der Waals surface area contributed by atoms with E-state index in [-0.39, 0.29) is 17.1 Å². The normalized spacial score (nSPS) is 15.3. The number of aromatic nitrogens is 1. The van der Waals surface area contributed by atoms with Gasteiger partial charge in [0.25, 0.3) is 0 Å². The van der Waals surface area contributed by atoms with Crippen molar-refractivity contribution in [2.75, 3.05) is 5.75 Å². The first-order valence-electron chi connectivity index (χ1n) is 14.1. The number of thioether (sulfide) groups is 1. The van der Waals surface area contributed by atoms with Crippen molar-refractivity contribution in [2.45, 2.75) is 56.8 Å². The molecule has 1 aromatic heterocycles. The Morgan fingerprint density at radius 3 is 2.59 bits per heavy atom. The lowest BCUT2D eigenvalue weighted by Crippen LogP contribution is -2.18. The number of halogens is 1. The quantitative estimate of drug-likeness (QED) is 0.173. The van der Waals surface area contributed by atoms with Crippen molar-refractivity contribution in [3.63, 3.8) is 0 Å². The summed E-state index contributed by atoms with van der Waals surface area (Å²) in [5.74, 6) is 0.122. The van der Waals surface area contributed by atoms with Gasteiger partial charge in [-0.25, -0.2) is 4.98 Å². The maximum Gasteiger partial charge on any atom is 0.303 e. The van der Waals surface area contributed by atoms with E-state index < -0.39 is 11.6 Å². The minimum Gasteiger partial charge on any atom is -0.481 e. The van der Waals surface area contributed by atoms with Crippen LogP contribution in [0.2, 0.25) is 5.02 Å². The maximum absolute atomic E-state index is 11.5. The molecule has 3 aromatic carbocycles. The Hall–Kier alpha value is -3.12. The van der Waals surface area contributed by atoms with Crippen LogP contribution in [0.3, 0.4) is 0 Å². The first kappa shape index (κ1) is 29.4. The fourth-order valence-electron chi connectivity index (χ4n) is 5.36. The minimum absolute atomic E-state index is 0.0814. The maximum atomic E-state index is 11.5. The molecular formula is C35H36ClNO3S. The molecule has 212 valence electrons. The molecule has 0 aliphatic heterocycles. The fraction of sp³-hybridized carbons (Fsp3) is 0.314. The standard InChI is InChI=1S/C35H36ClNO3S/c1-34(2,40)30-9-4-3-7-25(30)13-17-32(41-23-35(18-19-35)22-33(38)39)27-8-5-6-24(20-27)10-15-29-16-12-26-11-14-28(36)21-31(26)37-29/h3-12,14-16,20-21,32,40H,13,17-19,22-23H2,1-2H3,(H,38,39)/b15-10+/t32-/m1/s1/i1+2,2+2. The summed E-state index contributed by atoms with van der Waals surface area (Å²) in [5.41, 5.74) is 5.15. The van der Waals surface area contributed by atoms with E-state index in [0.29, 0.717) is 5.02 Å². The number of aliphatic hydroxyl groups is 1. The van der Waals surface area contributed by atoms with Crippen molar-refractivity contribution < 1.29 is 15.0 Å². The van der Waals surface area contributed by atoms with Crippen molar-refractivity contribution in [1.82, 2.24) is 4.98 Å². The van der Waals surface area contributed by atoms with Gasteiger partial charge in [0.15, 0.2) is 0 Å². The molecule has 1 atom stereocenters. The molecular weight excluding hydrogens is 554 g/mol. The van der Waals surface area contributed by atoms with Crippen LogP contribution in [0.25, 0.3) is 23.1 Å². The summed E-state index contributed by atoms with van der Waals surface area (Å²) in [6, 6.07) is 26.5. The van der Waals surface area contributed by atoms with Crippen molar-refractivity contribution in [3.8, 4) is 0 Å². The van der Waals surface area contributed by atoms with Gasteiger partial charge in [0.1, 0.15) is 0 Å². The van der Waals surface area contributed by atoms with E-state index >= 15 is 0 Å². The lowest BCUT2D eigenvalue weighted by molar-refractivity contribution is -0.138. The molecule has 5 rings (SSSR count). The van der Waals surface area contributed by atoms with Crippen LogP contribution in [0.5, 0.6) is 0 Å². The Morgan fingerprint density at radius 2 is 1.83 bits per heavy atom. The molecule has 0 bridgehead atoms. The number of hydrogen-bond acceptors (Lipinski definition) is 4. The molecule has 1 fully saturated rings. The van der Waals surface area contributed by atoms with Gasteiger partial charge >= 0.3 is 5.97 Å². The van der Waals surface area contributed by atoms with Crippen LogP contribution in [-0.2, 0) is 16.8 Å². The Kier molecular flexibility index (Phi) is 8.88. The third kappa shape index (κ3) is 7.79. The highest BCUT2D eigenvalue weighted by Crippen LogP contribution is 2.53. The number of pyridine rings is 1. The number of nitrogens with zero attached hydrogens (tertiary/aromatic N) is 1. The monoisotopic (exact) mass is 589 g/mol. The van der Waals surface area contributed by atoms with Gasteiger partial charge in [0.05, 0.1) is 23.2 Å². The van der Waals surface area contributed by atoms with Crippen LogP contribution in [0, 0.1) is 5.41 Å².